The Kier molecular flexibility index (Phi) is 7.09. The summed E-state index contributed by atoms with van der Waals surface area (Å²) in [5.74, 6) is 1.10. The highest BCUT2D eigenvalue weighted by molar-refractivity contribution is 8.00. The Labute approximate surface area is 171 Å². The molecule has 1 unspecified atom stereocenters. The number of carbonyl (C=O) groups excluding carboxylic acids is 1. The zero-order valence-corrected chi connectivity index (χ0v) is 17.0. The Bertz CT molecular complexity index is 889. The van der Waals surface area contributed by atoms with E-state index in [1.54, 1.807) is 36.0 Å². The average molecular weight is 420 g/mol. The first-order chi connectivity index (χ1) is 13.1. The number of thioether (sulfide) groups is 1. The summed E-state index contributed by atoms with van der Waals surface area (Å²) in [4.78, 5) is 12.5. The van der Waals surface area contributed by atoms with Crippen LogP contribution in [-0.2, 0) is 10.5 Å². The van der Waals surface area contributed by atoms with E-state index in [0.29, 0.717) is 22.3 Å². The fourth-order valence-corrected chi connectivity index (χ4v) is 4.14. The molecule has 0 radical (unpaired) electrons. The molecular weight excluding hydrogens is 402 g/mol. The summed E-state index contributed by atoms with van der Waals surface area (Å²) in [7, 11) is 0. The van der Waals surface area contributed by atoms with Crippen molar-refractivity contribution in [2.75, 3.05) is 5.32 Å². The first-order valence-electron chi connectivity index (χ1n) is 8.37. The number of carbonyl (C=O) groups is 1. The Morgan fingerprint density at radius 1 is 1.22 bits per heavy atom. The van der Waals surface area contributed by atoms with Crippen molar-refractivity contribution < 1.29 is 9.53 Å². The lowest BCUT2D eigenvalue weighted by Crippen LogP contribution is -2.32. The third-order valence-electron chi connectivity index (χ3n) is 3.58. The number of ether oxygens (including phenoxy) is 1. The molecule has 0 bridgehead atoms. The highest BCUT2D eigenvalue weighted by Gasteiger charge is 2.20. The molecule has 1 atom stereocenters. The summed E-state index contributed by atoms with van der Waals surface area (Å²) in [6.07, 6.45) is -0.111. The van der Waals surface area contributed by atoms with E-state index in [0.717, 1.165) is 10.1 Å². The molecule has 0 saturated carbocycles. The van der Waals surface area contributed by atoms with E-state index in [9.17, 15) is 4.79 Å². The van der Waals surface area contributed by atoms with Gasteiger partial charge in [-0.3, -0.25) is 10.1 Å². The van der Waals surface area contributed by atoms with Crippen LogP contribution in [0, 0.1) is 0 Å². The van der Waals surface area contributed by atoms with Crippen molar-refractivity contribution in [2.24, 2.45) is 0 Å². The lowest BCUT2D eigenvalue weighted by molar-refractivity contribution is -0.122. The second kappa shape index (κ2) is 9.73. The van der Waals surface area contributed by atoms with E-state index in [4.69, 9.17) is 16.3 Å². The number of nitrogens with zero attached hydrogens (tertiary/aromatic N) is 2. The van der Waals surface area contributed by atoms with Crippen LogP contribution in [0.3, 0.4) is 0 Å². The quantitative estimate of drug-likeness (QED) is 0.397. The van der Waals surface area contributed by atoms with Crippen molar-refractivity contribution in [3.05, 3.63) is 65.2 Å². The van der Waals surface area contributed by atoms with Crippen molar-refractivity contribution in [1.82, 2.24) is 10.2 Å². The molecule has 0 fully saturated rings. The number of hydrogen-bond acceptors (Lipinski definition) is 6. The van der Waals surface area contributed by atoms with Gasteiger partial charge in [0, 0.05) is 10.8 Å². The first-order valence-corrected chi connectivity index (χ1v) is 10.6. The average Bonchev–Trinajstić information content (AvgIpc) is 3.12. The third-order valence-corrected chi connectivity index (χ3v) is 5.86. The highest BCUT2D eigenvalue weighted by Crippen LogP contribution is 2.28. The molecule has 0 aliphatic heterocycles. The molecule has 1 amide bonds. The SMILES string of the molecule is CCC(Oc1cccc(Cl)c1)C(=O)Nc1nnc(SCc2ccccc2)s1. The standard InChI is InChI=1S/C19H18ClN3O2S2/c1-2-16(25-15-10-6-9-14(20)11-15)17(24)21-18-22-23-19(27-18)26-12-13-7-4-3-5-8-13/h3-11,16H,2,12H2,1H3,(H,21,22,24). The molecule has 2 aromatic carbocycles. The molecule has 0 aliphatic carbocycles. The maximum atomic E-state index is 12.5. The maximum Gasteiger partial charge on any atom is 0.267 e. The van der Waals surface area contributed by atoms with Crippen molar-refractivity contribution in [3.8, 4) is 5.75 Å². The Balaban J connectivity index is 1.55. The van der Waals surface area contributed by atoms with Gasteiger partial charge in [-0.1, -0.05) is 78.0 Å². The second-order valence-electron chi connectivity index (χ2n) is 5.61. The topological polar surface area (TPSA) is 64.1 Å². The van der Waals surface area contributed by atoms with Gasteiger partial charge in [-0.05, 0) is 30.2 Å². The van der Waals surface area contributed by atoms with Gasteiger partial charge in [0.15, 0.2) is 10.4 Å². The predicted molar refractivity (Wildman–Crippen MR) is 111 cm³/mol. The molecule has 5 nitrogen and oxygen atoms in total. The minimum Gasteiger partial charge on any atom is -0.481 e. The van der Waals surface area contributed by atoms with E-state index >= 15 is 0 Å². The van der Waals surface area contributed by atoms with Crippen molar-refractivity contribution in [1.29, 1.82) is 0 Å². The molecule has 1 heterocycles. The second-order valence-corrected chi connectivity index (χ2v) is 8.25. The number of halogens is 1. The van der Waals surface area contributed by atoms with E-state index in [2.05, 4.69) is 27.6 Å². The third kappa shape index (κ3) is 5.95. The monoisotopic (exact) mass is 419 g/mol. The highest BCUT2D eigenvalue weighted by atomic mass is 35.5. The van der Waals surface area contributed by atoms with Gasteiger partial charge in [-0.15, -0.1) is 10.2 Å². The minimum absolute atomic E-state index is 0.256. The number of anilines is 1. The fraction of sp³-hybridized carbons (Fsp3) is 0.211. The van der Waals surface area contributed by atoms with E-state index in [1.807, 2.05) is 25.1 Å². The number of nitrogens with one attached hydrogen (secondary N) is 1. The predicted octanol–water partition coefficient (Wildman–Crippen LogP) is 5.28. The summed E-state index contributed by atoms with van der Waals surface area (Å²) in [6, 6.07) is 17.1. The van der Waals surface area contributed by atoms with E-state index in [-0.39, 0.29) is 5.91 Å². The summed E-state index contributed by atoms with van der Waals surface area (Å²) < 4.78 is 6.55. The largest absolute Gasteiger partial charge is 0.481 e. The molecule has 1 N–H and O–H groups in total. The van der Waals surface area contributed by atoms with Gasteiger partial charge >= 0.3 is 0 Å². The number of aromatic nitrogens is 2. The van der Waals surface area contributed by atoms with Crippen molar-refractivity contribution in [3.63, 3.8) is 0 Å². The van der Waals surface area contributed by atoms with Crippen LogP contribution in [0.4, 0.5) is 5.13 Å². The van der Waals surface area contributed by atoms with Crippen molar-refractivity contribution in [2.45, 2.75) is 29.5 Å². The van der Waals surface area contributed by atoms with Crippen LogP contribution in [0.1, 0.15) is 18.9 Å². The summed E-state index contributed by atoms with van der Waals surface area (Å²) in [6.45, 7) is 1.88. The van der Waals surface area contributed by atoms with Crippen molar-refractivity contribution >= 4 is 45.7 Å². The van der Waals surface area contributed by atoms with Crippen LogP contribution in [0.5, 0.6) is 5.75 Å². The molecule has 0 spiro atoms. The molecule has 0 saturated heterocycles. The van der Waals surface area contributed by atoms with Gasteiger partial charge in [0.1, 0.15) is 5.75 Å². The smallest absolute Gasteiger partial charge is 0.267 e. The van der Waals surface area contributed by atoms with Gasteiger partial charge < -0.3 is 4.74 Å². The summed E-state index contributed by atoms with van der Waals surface area (Å²) in [5.41, 5.74) is 1.21. The minimum atomic E-state index is -0.632. The Morgan fingerprint density at radius 3 is 2.78 bits per heavy atom. The normalized spacial score (nSPS) is 11.8. The number of amides is 1. The molecule has 3 aromatic rings. The fourth-order valence-electron chi connectivity index (χ4n) is 2.25. The molecule has 140 valence electrons. The lowest BCUT2D eigenvalue weighted by Gasteiger charge is -2.16. The van der Waals surface area contributed by atoms with Crippen LogP contribution >= 0.6 is 34.7 Å². The van der Waals surface area contributed by atoms with Crippen LogP contribution < -0.4 is 10.1 Å². The number of rotatable bonds is 8. The molecule has 3 rings (SSSR count). The van der Waals surface area contributed by atoms with Crippen LogP contribution in [-0.4, -0.2) is 22.2 Å². The van der Waals surface area contributed by atoms with Gasteiger partial charge in [0.2, 0.25) is 5.13 Å². The lowest BCUT2D eigenvalue weighted by atomic mass is 10.2. The van der Waals surface area contributed by atoms with Crippen LogP contribution in [0.15, 0.2) is 58.9 Å². The molecule has 27 heavy (non-hydrogen) atoms. The zero-order chi connectivity index (χ0) is 19.1. The number of hydrogen-bond donors (Lipinski definition) is 1. The molecule has 1 aromatic heterocycles. The Hall–Kier alpha value is -2.09. The zero-order valence-electron chi connectivity index (χ0n) is 14.6. The molecule has 8 heteroatoms. The maximum absolute atomic E-state index is 12.5. The van der Waals surface area contributed by atoms with E-state index in [1.165, 1.54) is 16.9 Å². The van der Waals surface area contributed by atoms with Crippen LogP contribution in [0.25, 0.3) is 0 Å². The first kappa shape index (κ1) is 19.7. The molecule has 0 aliphatic rings. The number of benzene rings is 2. The summed E-state index contributed by atoms with van der Waals surface area (Å²) >= 11 is 8.89. The van der Waals surface area contributed by atoms with Gasteiger partial charge in [-0.25, -0.2) is 0 Å². The Morgan fingerprint density at radius 2 is 2.04 bits per heavy atom. The van der Waals surface area contributed by atoms with Gasteiger partial charge in [0.05, 0.1) is 0 Å². The van der Waals surface area contributed by atoms with Crippen LogP contribution in [0.2, 0.25) is 5.02 Å². The molecular formula is C19H18ClN3O2S2. The van der Waals surface area contributed by atoms with Gasteiger partial charge in [-0.2, -0.15) is 0 Å². The van der Waals surface area contributed by atoms with Gasteiger partial charge in [0.25, 0.3) is 5.91 Å². The summed E-state index contributed by atoms with van der Waals surface area (Å²) in [5, 5.41) is 12.0. The van der Waals surface area contributed by atoms with E-state index < -0.39 is 6.10 Å².